The summed E-state index contributed by atoms with van der Waals surface area (Å²) in [6, 6.07) is 4.36. The van der Waals surface area contributed by atoms with Crippen LogP contribution in [0.2, 0.25) is 0 Å². The van der Waals surface area contributed by atoms with Crippen LogP contribution in [0.5, 0.6) is 0 Å². The number of rotatable bonds is 2. The van der Waals surface area contributed by atoms with E-state index in [0.29, 0.717) is 0 Å². The normalized spacial score (nSPS) is 18.4. The first-order valence-corrected chi connectivity index (χ1v) is 6.40. The summed E-state index contributed by atoms with van der Waals surface area (Å²) in [6.45, 7) is 7.76. The number of likely N-dealkylation sites (tertiary alicyclic amines) is 1. The molecule has 0 bridgehead atoms. The second kappa shape index (κ2) is 5.44. The smallest absolute Gasteiger partial charge is 0.0549 e. The van der Waals surface area contributed by atoms with Crippen molar-refractivity contribution in [3.63, 3.8) is 0 Å². The van der Waals surface area contributed by atoms with E-state index in [1.807, 2.05) is 0 Å². The molecule has 2 heterocycles. The predicted molar refractivity (Wildman–Crippen MR) is 67.5 cm³/mol. The third-order valence-electron chi connectivity index (χ3n) is 3.24. The molecule has 1 saturated heterocycles. The molecule has 2 rings (SSSR count). The number of hydrogen-bond donors (Lipinski definition) is 0. The summed E-state index contributed by atoms with van der Waals surface area (Å²) in [5.74, 6) is 0. The second-order valence-corrected chi connectivity index (χ2v) is 4.97. The van der Waals surface area contributed by atoms with Gasteiger partial charge in [0, 0.05) is 12.2 Å². The number of hydrogen-bond acceptors (Lipinski definition) is 2. The Balaban J connectivity index is 2.01. The summed E-state index contributed by atoms with van der Waals surface area (Å²) in [5, 5.41) is 0. The lowest BCUT2D eigenvalue weighted by molar-refractivity contribution is 0.273. The molecule has 0 radical (unpaired) electrons. The quantitative estimate of drug-likeness (QED) is 0.758. The van der Waals surface area contributed by atoms with Gasteiger partial charge in [-0.25, -0.2) is 0 Å². The van der Waals surface area contributed by atoms with Gasteiger partial charge in [-0.3, -0.25) is 9.88 Å². The Hall–Kier alpha value is -0.890. The summed E-state index contributed by atoms with van der Waals surface area (Å²) in [7, 11) is 0. The van der Waals surface area contributed by atoms with Gasteiger partial charge in [-0.15, -0.1) is 0 Å². The van der Waals surface area contributed by atoms with Crippen molar-refractivity contribution < 1.29 is 0 Å². The van der Waals surface area contributed by atoms with E-state index in [9.17, 15) is 0 Å². The van der Waals surface area contributed by atoms with Gasteiger partial charge in [0.25, 0.3) is 0 Å². The fourth-order valence-corrected chi connectivity index (χ4v) is 2.53. The van der Waals surface area contributed by atoms with E-state index in [4.69, 9.17) is 0 Å². The minimum atomic E-state index is 1.03. The molecule has 2 nitrogen and oxygen atoms in total. The molecule has 0 unspecified atom stereocenters. The van der Waals surface area contributed by atoms with Crippen LogP contribution in [0.25, 0.3) is 0 Å². The summed E-state index contributed by atoms with van der Waals surface area (Å²) < 4.78 is 0. The van der Waals surface area contributed by atoms with E-state index < -0.39 is 0 Å². The van der Waals surface area contributed by atoms with E-state index in [2.05, 4.69) is 35.9 Å². The molecule has 0 atom stereocenters. The van der Waals surface area contributed by atoms with Crippen molar-refractivity contribution in [2.24, 2.45) is 0 Å². The zero-order valence-electron chi connectivity index (χ0n) is 10.5. The average Bonchev–Trinajstić information content (AvgIpc) is 2.44. The molecule has 88 valence electrons. The minimum Gasteiger partial charge on any atom is -0.298 e. The van der Waals surface area contributed by atoms with Gasteiger partial charge in [0.05, 0.1) is 5.69 Å². The molecule has 0 N–H and O–H groups in total. The highest BCUT2D eigenvalue weighted by atomic mass is 15.1. The van der Waals surface area contributed by atoms with Crippen LogP contribution in [-0.4, -0.2) is 23.0 Å². The lowest BCUT2D eigenvalue weighted by atomic mass is 10.2. The molecule has 16 heavy (non-hydrogen) atoms. The Morgan fingerprint density at radius 3 is 2.38 bits per heavy atom. The number of aryl methyl sites for hydroxylation is 2. The van der Waals surface area contributed by atoms with Crippen LogP contribution in [0.1, 0.15) is 42.6 Å². The largest absolute Gasteiger partial charge is 0.298 e. The lowest BCUT2D eigenvalue weighted by Crippen LogP contribution is -2.24. The van der Waals surface area contributed by atoms with Crippen LogP contribution in [0.4, 0.5) is 0 Å². The second-order valence-electron chi connectivity index (χ2n) is 4.97. The first-order valence-electron chi connectivity index (χ1n) is 6.40. The number of pyridine rings is 1. The zero-order chi connectivity index (χ0) is 11.4. The van der Waals surface area contributed by atoms with Crippen LogP contribution in [0.15, 0.2) is 12.1 Å². The predicted octanol–water partition coefficient (Wildman–Crippen LogP) is 3.07. The van der Waals surface area contributed by atoms with Crippen LogP contribution < -0.4 is 0 Å². The lowest BCUT2D eigenvalue weighted by Gasteiger charge is -2.19. The minimum absolute atomic E-state index is 1.03. The molecule has 1 aromatic heterocycles. The molecule has 1 aromatic rings. The van der Waals surface area contributed by atoms with Gasteiger partial charge < -0.3 is 0 Å². The van der Waals surface area contributed by atoms with Crippen molar-refractivity contribution in [2.45, 2.75) is 46.1 Å². The van der Waals surface area contributed by atoms with E-state index in [1.165, 1.54) is 50.0 Å². The van der Waals surface area contributed by atoms with Crippen molar-refractivity contribution in [3.8, 4) is 0 Å². The SMILES string of the molecule is Cc1cc(C)nc(CN2CCCCCC2)c1. The summed E-state index contributed by atoms with van der Waals surface area (Å²) in [6.07, 6.45) is 5.50. The Labute approximate surface area is 98.7 Å². The average molecular weight is 218 g/mol. The van der Waals surface area contributed by atoms with Crippen molar-refractivity contribution >= 4 is 0 Å². The first kappa shape index (κ1) is 11.6. The van der Waals surface area contributed by atoms with Crippen LogP contribution in [-0.2, 0) is 6.54 Å². The Bertz CT molecular complexity index is 318. The Morgan fingerprint density at radius 2 is 1.75 bits per heavy atom. The van der Waals surface area contributed by atoms with Gasteiger partial charge in [-0.1, -0.05) is 12.8 Å². The van der Waals surface area contributed by atoms with Gasteiger partial charge in [-0.05, 0) is 57.5 Å². The van der Waals surface area contributed by atoms with Crippen molar-refractivity contribution in [1.29, 1.82) is 0 Å². The van der Waals surface area contributed by atoms with Crippen molar-refractivity contribution in [1.82, 2.24) is 9.88 Å². The molecule has 0 amide bonds. The third kappa shape index (κ3) is 3.31. The number of nitrogens with zero attached hydrogens (tertiary/aromatic N) is 2. The molecule has 0 aromatic carbocycles. The number of aromatic nitrogens is 1. The fourth-order valence-electron chi connectivity index (χ4n) is 2.53. The van der Waals surface area contributed by atoms with E-state index in [0.717, 1.165) is 12.2 Å². The standard InChI is InChI=1S/C14H22N2/c1-12-9-13(2)15-14(10-12)11-16-7-5-3-4-6-8-16/h9-10H,3-8,11H2,1-2H3. The molecule has 1 fully saturated rings. The molecular weight excluding hydrogens is 196 g/mol. The van der Waals surface area contributed by atoms with Gasteiger partial charge in [0.2, 0.25) is 0 Å². The van der Waals surface area contributed by atoms with Crippen molar-refractivity contribution in [2.75, 3.05) is 13.1 Å². The topological polar surface area (TPSA) is 16.1 Å². The first-order chi connectivity index (χ1) is 7.74. The van der Waals surface area contributed by atoms with E-state index in [-0.39, 0.29) is 0 Å². The summed E-state index contributed by atoms with van der Waals surface area (Å²) in [4.78, 5) is 7.17. The highest BCUT2D eigenvalue weighted by molar-refractivity contribution is 5.19. The highest BCUT2D eigenvalue weighted by Crippen LogP contribution is 2.13. The van der Waals surface area contributed by atoms with Crippen molar-refractivity contribution in [3.05, 3.63) is 29.1 Å². The molecular formula is C14H22N2. The van der Waals surface area contributed by atoms with Gasteiger partial charge in [0.1, 0.15) is 0 Å². The monoisotopic (exact) mass is 218 g/mol. The Morgan fingerprint density at radius 1 is 1.06 bits per heavy atom. The maximum Gasteiger partial charge on any atom is 0.0549 e. The third-order valence-corrected chi connectivity index (χ3v) is 3.24. The molecule has 0 aliphatic carbocycles. The molecule has 0 spiro atoms. The maximum atomic E-state index is 4.62. The molecule has 2 heteroatoms. The van der Waals surface area contributed by atoms with Gasteiger partial charge in [-0.2, -0.15) is 0 Å². The highest BCUT2D eigenvalue weighted by Gasteiger charge is 2.10. The fraction of sp³-hybridized carbons (Fsp3) is 0.643. The van der Waals surface area contributed by atoms with E-state index >= 15 is 0 Å². The molecule has 1 aliphatic heterocycles. The van der Waals surface area contributed by atoms with Gasteiger partial charge >= 0.3 is 0 Å². The molecule has 1 aliphatic rings. The Kier molecular flexibility index (Phi) is 3.94. The zero-order valence-corrected chi connectivity index (χ0v) is 10.5. The summed E-state index contributed by atoms with van der Waals surface area (Å²) >= 11 is 0. The van der Waals surface area contributed by atoms with Crippen LogP contribution in [0.3, 0.4) is 0 Å². The van der Waals surface area contributed by atoms with E-state index in [1.54, 1.807) is 0 Å². The van der Waals surface area contributed by atoms with Crippen LogP contribution in [0, 0.1) is 13.8 Å². The maximum absolute atomic E-state index is 4.62. The van der Waals surface area contributed by atoms with Crippen LogP contribution >= 0.6 is 0 Å². The molecule has 0 saturated carbocycles. The van der Waals surface area contributed by atoms with Gasteiger partial charge in [0.15, 0.2) is 0 Å². The summed E-state index contributed by atoms with van der Waals surface area (Å²) in [5.41, 5.74) is 3.71.